The van der Waals surface area contributed by atoms with E-state index in [4.69, 9.17) is 34.8 Å². The summed E-state index contributed by atoms with van der Waals surface area (Å²) in [5.41, 5.74) is 1.84. The molecule has 0 saturated carbocycles. The van der Waals surface area contributed by atoms with Gasteiger partial charge < -0.3 is 0 Å². The largest absolute Gasteiger partial charge is 0.245 e. The predicted molar refractivity (Wildman–Crippen MR) is 102 cm³/mol. The fourth-order valence-corrected chi connectivity index (χ4v) is 4.61. The van der Waals surface area contributed by atoms with E-state index < -0.39 is 0 Å². The van der Waals surface area contributed by atoms with Gasteiger partial charge in [-0.15, -0.1) is 23.1 Å². The highest BCUT2D eigenvalue weighted by Gasteiger charge is 2.09. The number of benzene rings is 2. The van der Waals surface area contributed by atoms with Gasteiger partial charge in [-0.3, -0.25) is 0 Å². The van der Waals surface area contributed by atoms with E-state index >= 15 is 0 Å². The lowest BCUT2D eigenvalue weighted by molar-refractivity contribution is 0.627. The first kappa shape index (κ1) is 18.0. The van der Waals surface area contributed by atoms with E-state index in [0.717, 1.165) is 26.9 Å². The first-order valence-corrected chi connectivity index (χ1v) is 9.96. The Bertz CT molecular complexity index is 867. The van der Waals surface area contributed by atoms with E-state index in [-0.39, 0.29) is 5.82 Å². The zero-order valence-corrected chi connectivity index (χ0v) is 16.1. The lowest BCUT2D eigenvalue weighted by Gasteiger charge is -2.03. The van der Waals surface area contributed by atoms with Gasteiger partial charge in [-0.1, -0.05) is 40.9 Å². The number of thioether (sulfide) groups is 1. The predicted octanol–water partition coefficient (Wildman–Crippen LogP) is 7.13. The molecule has 0 N–H and O–H groups in total. The van der Waals surface area contributed by atoms with Gasteiger partial charge in [-0.2, -0.15) is 0 Å². The Balaban J connectivity index is 1.65. The fraction of sp³-hybridized carbons (Fsp3) is 0.118. The molecule has 1 heterocycles. The average Bonchev–Trinajstić information content (AvgIpc) is 2.97. The lowest BCUT2D eigenvalue weighted by Crippen LogP contribution is -1.91. The number of aromatic nitrogens is 1. The molecule has 3 aromatic rings. The Labute approximate surface area is 162 Å². The van der Waals surface area contributed by atoms with Crippen molar-refractivity contribution in [2.75, 3.05) is 0 Å². The molecule has 0 aliphatic rings. The van der Waals surface area contributed by atoms with Crippen LogP contribution >= 0.6 is 57.9 Å². The molecule has 0 spiro atoms. The minimum atomic E-state index is -0.333. The summed E-state index contributed by atoms with van der Waals surface area (Å²) in [6.45, 7) is 0. The quantitative estimate of drug-likeness (QED) is 0.409. The highest BCUT2D eigenvalue weighted by atomic mass is 35.5. The molecule has 0 saturated heterocycles. The van der Waals surface area contributed by atoms with Crippen LogP contribution in [-0.4, -0.2) is 4.98 Å². The van der Waals surface area contributed by atoms with E-state index in [0.29, 0.717) is 21.5 Å². The van der Waals surface area contributed by atoms with Gasteiger partial charge in [0.1, 0.15) is 5.82 Å². The molecule has 0 aliphatic carbocycles. The number of thiazole rings is 1. The van der Waals surface area contributed by atoms with Crippen LogP contribution in [0.1, 0.15) is 16.3 Å². The second-order valence-electron chi connectivity index (χ2n) is 5.01. The molecule has 1 aromatic heterocycles. The van der Waals surface area contributed by atoms with E-state index in [2.05, 4.69) is 4.98 Å². The second kappa shape index (κ2) is 8.07. The molecule has 7 heteroatoms. The van der Waals surface area contributed by atoms with Crippen molar-refractivity contribution in [3.8, 4) is 0 Å². The number of rotatable bonds is 5. The molecule has 0 bridgehead atoms. The van der Waals surface area contributed by atoms with Crippen LogP contribution in [0.25, 0.3) is 0 Å². The Kier molecular flexibility index (Phi) is 6.06. The molecule has 3 rings (SSSR count). The topological polar surface area (TPSA) is 12.9 Å². The molecular formula is C17H11Cl3FNS2. The van der Waals surface area contributed by atoms with Crippen LogP contribution in [0.5, 0.6) is 0 Å². The third-order valence-corrected chi connectivity index (χ3v) is 6.24. The zero-order chi connectivity index (χ0) is 17.1. The summed E-state index contributed by atoms with van der Waals surface area (Å²) in [6, 6.07) is 9.88. The van der Waals surface area contributed by atoms with Crippen molar-refractivity contribution in [1.82, 2.24) is 4.98 Å². The molecule has 124 valence electrons. The van der Waals surface area contributed by atoms with Crippen LogP contribution in [0.2, 0.25) is 15.1 Å². The molecule has 24 heavy (non-hydrogen) atoms. The Hall–Kier alpha value is -0.780. The highest BCUT2D eigenvalue weighted by molar-refractivity contribution is 7.98. The Morgan fingerprint density at radius 3 is 2.62 bits per heavy atom. The molecule has 2 aromatic carbocycles. The zero-order valence-electron chi connectivity index (χ0n) is 12.2. The first-order valence-electron chi connectivity index (χ1n) is 6.96. The second-order valence-corrected chi connectivity index (χ2v) is 8.22. The van der Waals surface area contributed by atoms with Crippen LogP contribution in [0, 0.1) is 5.82 Å². The van der Waals surface area contributed by atoms with Crippen molar-refractivity contribution in [2.24, 2.45) is 0 Å². The van der Waals surface area contributed by atoms with Gasteiger partial charge in [0.15, 0.2) is 0 Å². The molecule has 0 radical (unpaired) electrons. The normalized spacial score (nSPS) is 11.0. The third kappa shape index (κ3) is 4.64. The monoisotopic (exact) mass is 417 g/mol. The van der Waals surface area contributed by atoms with Gasteiger partial charge in [0.05, 0.1) is 15.7 Å². The summed E-state index contributed by atoms with van der Waals surface area (Å²) in [5.74, 6) is 0.384. The minimum absolute atomic E-state index is 0.333. The van der Waals surface area contributed by atoms with E-state index in [9.17, 15) is 4.39 Å². The average molecular weight is 419 g/mol. The van der Waals surface area contributed by atoms with E-state index in [1.54, 1.807) is 35.2 Å². The van der Waals surface area contributed by atoms with Crippen molar-refractivity contribution in [3.63, 3.8) is 0 Å². The number of hydrogen-bond acceptors (Lipinski definition) is 3. The summed E-state index contributed by atoms with van der Waals surface area (Å²) in [4.78, 5) is 5.58. The minimum Gasteiger partial charge on any atom is -0.245 e. The van der Waals surface area contributed by atoms with Crippen molar-refractivity contribution in [3.05, 3.63) is 78.9 Å². The van der Waals surface area contributed by atoms with Gasteiger partial charge >= 0.3 is 0 Å². The van der Waals surface area contributed by atoms with Gasteiger partial charge in [-0.05, 0) is 35.9 Å². The van der Waals surface area contributed by atoms with Gasteiger partial charge in [0, 0.05) is 32.5 Å². The van der Waals surface area contributed by atoms with Gasteiger partial charge in [-0.25, -0.2) is 9.37 Å². The van der Waals surface area contributed by atoms with E-state index in [1.807, 2.05) is 17.5 Å². The molecule has 0 fully saturated rings. The van der Waals surface area contributed by atoms with Crippen LogP contribution in [0.15, 0.2) is 46.7 Å². The standard InChI is InChI=1S/C17H11Cl3FNS2/c18-11-2-4-16(15(20)6-11)23-8-13-9-24-17(22-13)5-10-1-3-12(21)7-14(10)19/h1-4,6-7,9H,5,8H2. The lowest BCUT2D eigenvalue weighted by atomic mass is 10.1. The van der Waals surface area contributed by atoms with Crippen LogP contribution in [-0.2, 0) is 12.2 Å². The van der Waals surface area contributed by atoms with Crippen LogP contribution < -0.4 is 0 Å². The first-order chi connectivity index (χ1) is 11.5. The summed E-state index contributed by atoms with van der Waals surface area (Å²) in [6.07, 6.45) is 0.593. The number of halogens is 4. The van der Waals surface area contributed by atoms with E-state index in [1.165, 1.54) is 12.1 Å². The molecule has 0 atom stereocenters. The third-order valence-electron chi connectivity index (χ3n) is 3.23. The van der Waals surface area contributed by atoms with Crippen molar-refractivity contribution in [1.29, 1.82) is 0 Å². The van der Waals surface area contributed by atoms with Gasteiger partial charge in [0.25, 0.3) is 0 Å². The molecule has 1 nitrogen and oxygen atoms in total. The van der Waals surface area contributed by atoms with Crippen molar-refractivity contribution >= 4 is 57.9 Å². The molecule has 0 amide bonds. The van der Waals surface area contributed by atoms with Crippen molar-refractivity contribution in [2.45, 2.75) is 17.1 Å². The molecule has 0 unspecified atom stereocenters. The summed E-state index contributed by atoms with van der Waals surface area (Å²) < 4.78 is 13.1. The summed E-state index contributed by atoms with van der Waals surface area (Å²) in [7, 11) is 0. The molecular weight excluding hydrogens is 408 g/mol. The number of hydrogen-bond donors (Lipinski definition) is 0. The maximum absolute atomic E-state index is 13.1. The van der Waals surface area contributed by atoms with Crippen molar-refractivity contribution < 1.29 is 4.39 Å². The fourth-order valence-electron chi connectivity index (χ4n) is 2.07. The maximum Gasteiger partial charge on any atom is 0.124 e. The highest BCUT2D eigenvalue weighted by Crippen LogP contribution is 2.32. The Morgan fingerprint density at radius 1 is 1.04 bits per heavy atom. The van der Waals surface area contributed by atoms with Gasteiger partial charge in [0.2, 0.25) is 0 Å². The molecule has 0 aliphatic heterocycles. The summed E-state index contributed by atoms with van der Waals surface area (Å²) in [5, 5.41) is 4.65. The SMILES string of the molecule is Fc1ccc(Cc2nc(CSc3ccc(Cl)cc3Cl)cs2)c(Cl)c1. The van der Waals surface area contributed by atoms with Crippen LogP contribution in [0.3, 0.4) is 0 Å². The van der Waals surface area contributed by atoms with Crippen LogP contribution in [0.4, 0.5) is 4.39 Å². The number of nitrogens with zero attached hydrogens (tertiary/aromatic N) is 1. The maximum atomic E-state index is 13.1. The smallest absolute Gasteiger partial charge is 0.124 e. The summed E-state index contributed by atoms with van der Waals surface area (Å²) >= 11 is 21.3. The Morgan fingerprint density at radius 2 is 1.88 bits per heavy atom.